The summed E-state index contributed by atoms with van der Waals surface area (Å²) in [6.07, 6.45) is 3.52. The summed E-state index contributed by atoms with van der Waals surface area (Å²) in [6, 6.07) is 0. The number of carbonyl (C=O) groups is 1. The molecule has 0 spiro atoms. The van der Waals surface area contributed by atoms with Crippen molar-refractivity contribution in [1.82, 2.24) is 0 Å². The third kappa shape index (κ3) is 5.69. The maximum Gasteiger partial charge on any atom is 0.327 e. The molecule has 0 saturated heterocycles. The zero-order valence-electron chi connectivity index (χ0n) is 4.30. The summed E-state index contributed by atoms with van der Waals surface area (Å²) in [4.78, 5) is 9.77. The van der Waals surface area contributed by atoms with Gasteiger partial charge in [-0.25, -0.2) is 4.79 Å². The van der Waals surface area contributed by atoms with Crippen LogP contribution in [0.2, 0.25) is 0 Å². The summed E-state index contributed by atoms with van der Waals surface area (Å²) in [7, 11) is 0. The smallest absolute Gasteiger partial charge is 0.327 e. The van der Waals surface area contributed by atoms with Crippen molar-refractivity contribution >= 4 is 21.9 Å². The Morgan fingerprint density at radius 1 is 1.75 bits per heavy atom. The fraction of sp³-hybridized carbons (Fsp3) is 0.400. The van der Waals surface area contributed by atoms with Crippen LogP contribution in [0.25, 0.3) is 0 Å². The van der Waals surface area contributed by atoms with Crippen LogP contribution in [0.3, 0.4) is 0 Å². The maximum absolute atomic E-state index is 9.77. The number of hydrogen-bond donors (Lipinski definition) is 1. The van der Waals surface area contributed by atoms with Crippen LogP contribution in [-0.4, -0.2) is 16.4 Å². The second kappa shape index (κ2) is 4.84. The Morgan fingerprint density at radius 2 is 2.38 bits per heavy atom. The summed E-state index contributed by atoms with van der Waals surface area (Å²) in [5.41, 5.74) is 0. The summed E-state index contributed by atoms with van der Waals surface area (Å²) < 4.78 is 0. The molecular weight excluding hydrogens is 172 g/mol. The van der Waals surface area contributed by atoms with E-state index in [4.69, 9.17) is 5.11 Å². The first kappa shape index (κ1) is 7.69. The summed E-state index contributed by atoms with van der Waals surface area (Å²) in [5, 5.41) is 8.85. The topological polar surface area (TPSA) is 37.3 Å². The first-order valence-electron chi connectivity index (χ1n) is 2.23. The monoisotopic (exact) mass is 178 g/mol. The van der Waals surface area contributed by atoms with Crippen LogP contribution in [0.5, 0.6) is 0 Å². The van der Waals surface area contributed by atoms with Crippen LogP contribution in [0.4, 0.5) is 0 Å². The van der Waals surface area contributed by atoms with Crippen molar-refractivity contribution in [3.63, 3.8) is 0 Å². The second-order valence-electron chi connectivity index (χ2n) is 1.22. The lowest BCUT2D eigenvalue weighted by molar-refractivity contribution is -0.131. The summed E-state index contributed by atoms with van der Waals surface area (Å²) in [6.45, 7) is 0. The number of halogens is 1. The minimum atomic E-state index is -0.883. The van der Waals surface area contributed by atoms with Gasteiger partial charge in [-0.3, -0.25) is 0 Å². The van der Waals surface area contributed by atoms with E-state index in [0.717, 1.165) is 17.8 Å². The van der Waals surface area contributed by atoms with Crippen LogP contribution in [0.1, 0.15) is 6.42 Å². The zero-order valence-corrected chi connectivity index (χ0v) is 5.89. The highest BCUT2D eigenvalue weighted by molar-refractivity contribution is 9.09. The molecule has 1 N–H and O–H groups in total. The molecular formula is C5H7BrO2. The van der Waals surface area contributed by atoms with Gasteiger partial charge in [0.2, 0.25) is 0 Å². The molecule has 0 rings (SSSR count). The number of aliphatic carboxylic acids is 1. The van der Waals surface area contributed by atoms with E-state index in [2.05, 4.69) is 15.9 Å². The van der Waals surface area contributed by atoms with Gasteiger partial charge < -0.3 is 5.11 Å². The molecule has 0 fully saturated rings. The van der Waals surface area contributed by atoms with E-state index < -0.39 is 5.97 Å². The van der Waals surface area contributed by atoms with Gasteiger partial charge in [-0.15, -0.1) is 0 Å². The third-order valence-corrected chi connectivity index (χ3v) is 0.994. The Labute approximate surface area is 56.3 Å². The van der Waals surface area contributed by atoms with E-state index in [9.17, 15) is 4.79 Å². The average Bonchev–Trinajstić information content (AvgIpc) is 1.66. The molecule has 0 saturated carbocycles. The Balaban J connectivity index is 3.20. The van der Waals surface area contributed by atoms with Gasteiger partial charge in [-0.1, -0.05) is 22.0 Å². The highest BCUT2D eigenvalue weighted by Crippen LogP contribution is 1.87. The Kier molecular flexibility index (Phi) is 4.65. The predicted molar refractivity (Wildman–Crippen MR) is 35.2 cm³/mol. The van der Waals surface area contributed by atoms with Gasteiger partial charge in [0, 0.05) is 11.4 Å². The number of allylic oxidation sites excluding steroid dienone is 1. The quantitative estimate of drug-likeness (QED) is 0.525. The van der Waals surface area contributed by atoms with Gasteiger partial charge in [0.15, 0.2) is 0 Å². The van der Waals surface area contributed by atoms with Gasteiger partial charge >= 0.3 is 5.97 Å². The van der Waals surface area contributed by atoms with Crippen LogP contribution in [0.15, 0.2) is 12.2 Å². The SMILES string of the molecule is O=C(O)C=CCCBr. The van der Waals surface area contributed by atoms with E-state index in [-0.39, 0.29) is 0 Å². The van der Waals surface area contributed by atoms with Crippen LogP contribution in [0, 0.1) is 0 Å². The Hall–Kier alpha value is -0.310. The zero-order chi connectivity index (χ0) is 6.41. The lowest BCUT2D eigenvalue weighted by Gasteiger charge is -1.78. The largest absolute Gasteiger partial charge is 0.478 e. The molecule has 0 aromatic carbocycles. The van der Waals surface area contributed by atoms with E-state index in [0.29, 0.717) is 0 Å². The first-order valence-corrected chi connectivity index (χ1v) is 3.35. The predicted octanol–water partition coefficient (Wildman–Crippen LogP) is 1.41. The highest BCUT2D eigenvalue weighted by Gasteiger charge is 1.81. The molecule has 46 valence electrons. The number of carboxylic acids is 1. The summed E-state index contributed by atoms with van der Waals surface area (Å²) in [5.74, 6) is -0.883. The van der Waals surface area contributed by atoms with Gasteiger partial charge in [0.1, 0.15) is 0 Å². The summed E-state index contributed by atoms with van der Waals surface area (Å²) >= 11 is 3.16. The number of rotatable bonds is 3. The van der Waals surface area contributed by atoms with Gasteiger partial charge in [-0.2, -0.15) is 0 Å². The molecule has 0 amide bonds. The number of carboxylic acid groups (broad SMARTS) is 1. The molecule has 8 heavy (non-hydrogen) atoms. The fourth-order valence-electron chi connectivity index (χ4n) is 0.247. The van der Waals surface area contributed by atoms with Crippen LogP contribution in [-0.2, 0) is 4.79 Å². The normalized spacial score (nSPS) is 10.1. The molecule has 2 nitrogen and oxygen atoms in total. The van der Waals surface area contributed by atoms with Crippen LogP contribution < -0.4 is 0 Å². The molecule has 0 bridgehead atoms. The molecule has 0 aliphatic carbocycles. The van der Waals surface area contributed by atoms with Crippen molar-refractivity contribution < 1.29 is 9.90 Å². The molecule has 0 aromatic heterocycles. The lowest BCUT2D eigenvalue weighted by atomic mass is 10.4. The maximum atomic E-state index is 9.77. The van der Waals surface area contributed by atoms with Crippen molar-refractivity contribution in [3.05, 3.63) is 12.2 Å². The van der Waals surface area contributed by atoms with Gasteiger partial charge in [0.05, 0.1) is 0 Å². The van der Waals surface area contributed by atoms with Gasteiger partial charge in [-0.05, 0) is 6.42 Å². The molecule has 0 radical (unpaired) electrons. The van der Waals surface area contributed by atoms with E-state index in [1.807, 2.05) is 0 Å². The Bertz CT molecular complexity index is 98.6. The van der Waals surface area contributed by atoms with E-state index in [1.54, 1.807) is 6.08 Å². The lowest BCUT2D eigenvalue weighted by Crippen LogP contribution is -1.85. The van der Waals surface area contributed by atoms with Crippen molar-refractivity contribution in [2.24, 2.45) is 0 Å². The molecule has 0 aliphatic rings. The fourth-order valence-corrected chi connectivity index (χ4v) is 0.511. The van der Waals surface area contributed by atoms with Crippen molar-refractivity contribution in [3.8, 4) is 0 Å². The molecule has 0 aromatic rings. The molecule has 3 heteroatoms. The number of hydrogen-bond acceptors (Lipinski definition) is 1. The van der Waals surface area contributed by atoms with E-state index in [1.165, 1.54) is 0 Å². The molecule has 0 atom stereocenters. The molecule has 0 unspecified atom stereocenters. The second-order valence-corrected chi connectivity index (χ2v) is 2.01. The molecule has 0 aliphatic heterocycles. The third-order valence-electron chi connectivity index (χ3n) is 0.536. The van der Waals surface area contributed by atoms with Gasteiger partial charge in [0.25, 0.3) is 0 Å². The minimum Gasteiger partial charge on any atom is -0.478 e. The van der Waals surface area contributed by atoms with Crippen molar-refractivity contribution in [2.45, 2.75) is 6.42 Å². The van der Waals surface area contributed by atoms with E-state index >= 15 is 0 Å². The Morgan fingerprint density at radius 3 is 2.75 bits per heavy atom. The molecule has 0 heterocycles. The highest BCUT2D eigenvalue weighted by atomic mass is 79.9. The standard InChI is InChI=1S/C5H7BrO2/c6-4-2-1-3-5(7)8/h1,3H,2,4H2,(H,7,8). The first-order chi connectivity index (χ1) is 3.77. The van der Waals surface area contributed by atoms with Crippen LogP contribution >= 0.6 is 15.9 Å². The number of alkyl halides is 1. The van der Waals surface area contributed by atoms with Crippen molar-refractivity contribution in [1.29, 1.82) is 0 Å². The minimum absolute atomic E-state index is 0.770. The average molecular weight is 179 g/mol. The van der Waals surface area contributed by atoms with Crippen molar-refractivity contribution in [2.75, 3.05) is 5.33 Å².